The van der Waals surface area contributed by atoms with Gasteiger partial charge in [-0.1, -0.05) is 5.16 Å². The number of nitrogens with one attached hydrogen (secondary N) is 1. The predicted molar refractivity (Wildman–Crippen MR) is 82.9 cm³/mol. The monoisotopic (exact) mass is 292 g/mol. The van der Waals surface area contributed by atoms with E-state index in [1.165, 1.54) is 0 Å². The Kier molecular flexibility index (Phi) is 5.41. The van der Waals surface area contributed by atoms with E-state index in [-0.39, 0.29) is 5.84 Å². The lowest BCUT2D eigenvalue weighted by Crippen LogP contribution is -2.40. The normalized spacial score (nSPS) is 17.9. The zero-order valence-electron chi connectivity index (χ0n) is 12.7. The molecule has 0 bridgehead atoms. The first kappa shape index (κ1) is 15.6. The Labute approximate surface area is 125 Å². The number of amidine groups is 1. The molecule has 6 nitrogen and oxygen atoms in total. The third-order valence-corrected chi connectivity index (χ3v) is 3.98. The number of nitrogens with two attached hydrogens (primary N) is 1. The number of likely N-dealkylation sites (tertiary alicyclic amines) is 1. The van der Waals surface area contributed by atoms with Crippen molar-refractivity contribution in [3.05, 3.63) is 29.3 Å². The number of benzene rings is 1. The summed E-state index contributed by atoms with van der Waals surface area (Å²) in [5.41, 5.74) is 7.35. The Bertz CT molecular complexity index is 496. The Morgan fingerprint density at radius 3 is 2.81 bits per heavy atom. The average molecular weight is 292 g/mol. The van der Waals surface area contributed by atoms with Gasteiger partial charge in [0.15, 0.2) is 5.84 Å². The Balaban J connectivity index is 2.03. The number of piperidine rings is 1. The van der Waals surface area contributed by atoms with Crippen molar-refractivity contribution in [3.8, 4) is 5.75 Å². The zero-order valence-corrected chi connectivity index (χ0v) is 12.7. The molecular weight excluding hydrogens is 268 g/mol. The van der Waals surface area contributed by atoms with Crippen LogP contribution in [0.4, 0.5) is 0 Å². The highest BCUT2D eigenvalue weighted by molar-refractivity contribution is 5.97. The summed E-state index contributed by atoms with van der Waals surface area (Å²) in [5, 5.41) is 15.4. The molecule has 1 saturated heterocycles. The maximum atomic E-state index is 8.78. The van der Waals surface area contributed by atoms with E-state index in [1.54, 1.807) is 13.2 Å². The lowest BCUT2D eigenvalue weighted by atomic mass is 10.0. The largest absolute Gasteiger partial charge is 0.496 e. The van der Waals surface area contributed by atoms with E-state index in [0.717, 1.165) is 37.2 Å². The standard InChI is InChI=1S/C15H24N4O2/c1-19-7-5-13(6-8-19)17-10-12-9-11(15(16)18-20)3-4-14(12)21-2/h3-4,9,13,17,20H,5-8,10H2,1-2H3,(H2,16,18). The number of hydrogen-bond donors (Lipinski definition) is 3. The molecule has 1 heterocycles. The summed E-state index contributed by atoms with van der Waals surface area (Å²) in [4.78, 5) is 2.35. The number of oxime groups is 1. The van der Waals surface area contributed by atoms with Gasteiger partial charge in [-0.3, -0.25) is 0 Å². The van der Waals surface area contributed by atoms with Crippen molar-refractivity contribution in [3.63, 3.8) is 0 Å². The summed E-state index contributed by atoms with van der Waals surface area (Å²) >= 11 is 0. The Morgan fingerprint density at radius 1 is 1.48 bits per heavy atom. The summed E-state index contributed by atoms with van der Waals surface area (Å²) in [5.74, 6) is 0.920. The molecule has 1 aliphatic heterocycles. The highest BCUT2D eigenvalue weighted by Crippen LogP contribution is 2.20. The van der Waals surface area contributed by atoms with E-state index in [0.29, 0.717) is 18.2 Å². The van der Waals surface area contributed by atoms with E-state index < -0.39 is 0 Å². The van der Waals surface area contributed by atoms with Gasteiger partial charge in [0, 0.05) is 23.7 Å². The second-order valence-corrected chi connectivity index (χ2v) is 5.47. The molecule has 1 fully saturated rings. The van der Waals surface area contributed by atoms with Crippen LogP contribution in [0.15, 0.2) is 23.4 Å². The molecule has 21 heavy (non-hydrogen) atoms. The van der Waals surface area contributed by atoms with E-state index in [4.69, 9.17) is 15.7 Å². The molecule has 0 radical (unpaired) electrons. The Morgan fingerprint density at radius 2 is 2.19 bits per heavy atom. The third-order valence-electron chi connectivity index (χ3n) is 3.98. The van der Waals surface area contributed by atoms with Gasteiger partial charge in [0.25, 0.3) is 0 Å². The van der Waals surface area contributed by atoms with Crippen LogP contribution in [-0.4, -0.2) is 49.2 Å². The molecule has 0 aliphatic carbocycles. The minimum Gasteiger partial charge on any atom is -0.496 e. The molecule has 0 saturated carbocycles. The molecule has 0 aromatic heterocycles. The summed E-state index contributed by atoms with van der Waals surface area (Å²) in [7, 11) is 3.80. The molecule has 0 amide bonds. The van der Waals surface area contributed by atoms with Gasteiger partial charge in [0.2, 0.25) is 0 Å². The summed E-state index contributed by atoms with van der Waals surface area (Å²) in [6.07, 6.45) is 2.30. The molecule has 0 spiro atoms. The second kappa shape index (κ2) is 7.28. The number of nitrogens with zero attached hydrogens (tertiary/aromatic N) is 2. The maximum Gasteiger partial charge on any atom is 0.170 e. The molecule has 1 aliphatic rings. The molecule has 6 heteroatoms. The number of hydrogen-bond acceptors (Lipinski definition) is 5. The molecule has 4 N–H and O–H groups in total. The second-order valence-electron chi connectivity index (χ2n) is 5.47. The van der Waals surface area contributed by atoms with Gasteiger partial charge in [-0.05, 0) is 51.2 Å². The van der Waals surface area contributed by atoms with Crippen molar-refractivity contribution in [1.29, 1.82) is 0 Å². The van der Waals surface area contributed by atoms with E-state index in [2.05, 4.69) is 22.4 Å². The van der Waals surface area contributed by atoms with Gasteiger partial charge in [0.1, 0.15) is 5.75 Å². The molecular formula is C15H24N4O2. The van der Waals surface area contributed by atoms with Crippen LogP contribution in [0.1, 0.15) is 24.0 Å². The summed E-state index contributed by atoms with van der Waals surface area (Å²) in [6, 6.07) is 6.06. The first-order valence-corrected chi connectivity index (χ1v) is 7.20. The van der Waals surface area contributed by atoms with Crippen molar-refractivity contribution in [2.45, 2.75) is 25.4 Å². The zero-order chi connectivity index (χ0) is 15.2. The smallest absolute Gasteiger partial charge is 0.170 e. The van der Waals surface area contributed by atoms with Crippen LogP contribution >= 0.6 is 0 Å². The van der Waals surface area contributed by atoms with E-state index in [9.17, 15) is 0 Å². The van der Waals surface area contributed by atoms with Crippen LogP contribution in [0, 0.1) is 0 Å². The molecule has 1 aromatic rings. The van der Waals surface area contributed by atoms with Crippen LogP contribution in [0.3, 0.4) is 0 Å². The van der Waals surface area contributed by atoms with Gasteiger partial charge in [-0.15, -0.1) is 0 Å². The van der Waals surface area contributed by atoms with Crippen LogP contribution in [0.5, 0.6) is 5.75 Å². The summed E-state index contributed by atoms with van der Waals surface area (Å²) in [6.45, 7) is 2.96. The van der Waals surface area contributed by atoms with Crippen LogP contribution in [0.2, 0.25) is 0 Å². The average Bonchev–Trinajstić information content (AvgIpc) is 2.53. The fourth-order valence-electron chi connectivity index (χ4n) is 2.60. The number of rotatable bonds is 5. The topological polar surface area (TPSA) is 83.1 Å². The van der Waals surface area contributed by atoms with Crippen molar-refractivity contribution in [1.82, 2.24) is 10.2 Å². The predicted octanol–water partition coefficient (Wildman–Crippen LogP) is 0.974. The van der Waals surface area contributed by atoms with Gasteiger partial charge >= 0.3 is 0 Å². The van der Waals surface area contributed by atoms with Crippen LogP contribution < -0.4 is 15.8 Å². The molecule has 0 unspecified atom stereocenters. The van der Waals surface area contributed by atoms with E-state index >= 15 is 0 Å². The summed E-state index contributed by atoms with van der Waals surface area (Å²) < 4.78 is 5.38. The SMILES string of the molecule is COc1ccc(/C(N)=N/O)cc1CNC1CCN(C)CC1. The molecule has 2 rings (SSSR count). The van der Waals surface area contributed by atoms with Crippen LogP contribution in [0.25, 0.3) is 0 Å². The minimum absolute atomic E-state index is 0.109. The van der Waals surface area contributed by atoms with Gasteiger partial charge in [-0.2, -0.15) is 0 Å². The lowest BCUT2D eigenvalue weighted by molar-refractivity contribution is 0.233. The fourth-order valence-corrected chi connectivity index (χ4v) is 2.60. The minimum atomic E-state index is 0.109. The fraction of sp³-hybridized carbons (Fsp3) is 0.533. The Hall–Kier alpha value is -1.79. The molecule has 0 atom stereocenters. The third kappa shape index (κ3) is 4.09. The van der Waals surface area contributed by atoms with Gasteiger partial charge in [0.05, 0.1) is 7.11 Å². The van der Waals surface area contributed by atoms with Gasteiger partial charge < -0.3 is 25.9 Å². The highest BCUT2D eigenvalue weighted by Gasteiger charge is 2.16. The van der Waals surface area contributed by atoms with Crippen molar-refractivity contribution < 1.29 is 9.94 Å². The maximum absolute atomic E-state index is 8.78. The number of methoxy groups -OCH3 is 1. The van der Waals surface area contributed by atoms with Crippen molar-refractivity contribution in [2.75, 3.05) is 27.2 Å². The van der Waals surface area contributed by atoms with Crippen molar-refractivity contribution in [2.24, 2.45) is 10.9 Å². The molecule has 1 aromatic carbocycles. The first-order chi connectivity index (χ1) is 10.1. The van der Waals surface area contributed by atoms with E-state index in [1.807, 2.05) is 12.1 Å². The van der Waals surface area contributed by atoms with Crippen LogP contribution in [-0.2, 0) is 6.54 Å². The highest BCUT2D eigenvalue weighted by atomic mass is 16.5. The van der Waals surface area contributed by atoms with Crippen molar-refractivity contribution >= 4 is 5.84 Å². The number of ether oxygens (including phenoxy) is 1. The van der Waals surface area contributed by atoms with Gasteiger partial charge in [-0.25, -0.2) is 0 Å². The quantitative estimate of drug-likeness (QED) is 0.326. The first-order valence-electron chi connectivity index (χ1n) is 7.20. The lowest BCUT2D eigenvalue weighted by Gasteiger charge is -2.29. The molecule has 116 valence electrons.